The predicted octanol–water partition coefficient (Wildman–Crippen LogP) is 5.42. The number of hydrogen-bond donors (Lipinski definition) is 1. The molecule has 1 N–H and O–H groups in total. The van der Waals surface area contributed by atoms with E-state index in [1.165, 1.54) is 16.0 Å². The Balaban J connectivity index is 1.22. The molecule has 4 aromatic rings. The van der Waals surface area contributed by atoms with Crippen molar-refractivity contribution in [1.82, 2.24) is 24.4 Å². The van der Waals surface area contributed by atoms with E-state index in [9.17, 15) is 0 Å². The number of imidazole rings is 1. The fourth-order valence-corrected chi connectivity index (χ4v) is 5.67. The molecule has 0 amide bonds. The van der Waals surface area contributed by atoms with E-state index >= 15 is 0 Å². The summed E-state index contributed by atoms with van der Waals surface area (Å²) in [7, 11) is 0. The standard InChI is InChI=1S/C27H34N6OS/c1-18(2)34-25-6-5-21(14-22(25)16-33-12-9-28-17-33)15-32-10-7-23(8-11-32)31-26-24-13-19(3)35-27(24)30-20(4)29-26/h5-6,9,12-14,17-18,23H,7-8,10-11,15-16H2,1-4H3,(H,29,30,31). The summed E-state index contributed by atoms with van der Waals surface area (Å²) in [5, 5.41) is 4.87. The van der Waals surface area contributed by atoms with Crippen molar-refractivity contribution in [1.29, 1.82) is 0 Å². The van der Waals surface area contributed by atoms with Crippen LogP contribution in [0.2, 0.25) is 0 Å². The van der Waals surface area contributed by atoms with E-state index in [4.69, 9.17) is 9.72 Å². The summed E-state index contributed by atoms with van der Waals surface area (Å²) < 4.78 is 8.17. The Morgan fingerprint density at radius 2 is 1.94 bits per heavy atom. The maximum atomic E-state index is 6.08. The number of nitrogens with one attached hydrogen (secondary N) is 1. The monoisotopic (exact) mass is 490 g/mol. The zero-order valence-electron chi connectivity index (χ0n) is 21.0. The quantitative estimate of drug-likeness (QED) is 0.356. The molecule has 4 heterocycles. The van der Waals surface area contributed by atoms with Crippen molar-refractivity contribution in [3.8, 4) is 5.75 Å². The van der Waals surface area contributed by atoms with Crippen LogP contribution in [0, 0.1) is 13.8 Å². The number of aromatic nitrogens is 4. The highest BCUT2D eigenvalue weighted by Gasteiger charge is 2.21. The van der Waals surface area contributed by atoms with Crippen molar-refractivity contribution in [3.63, 3.8) is 0 Å². The number of ether oxygens (including phenoxy) is 1. The van der Waals surface area contributed by atoms with Gasteiger partial charge < -0.3 is 14.6 Å². The molecule has 8 heteroatoms. The molecule has 1 aromatic carbocycles. The van der Waals surface area contributed by atoms with Gasteiger partial charge in [-0.1, -0.05) is 6.07 Å². The Morgan fingerprint density at radius 3 is 2.69 bits per heavy atom. The van der Waals surface area contributed by atoms with Gasteiger partial charge in [-0.15, -0.1) is 11.3 Å². The molecule has 0 radical (unpaired) electrons. The third kappa shape index (κ3) is 5.82. The second kappa shape index (κ2) is 10.3. The first-order valence-corrected chi connectivity index (χ1v) is 13.2. The molecule has 7 nitrogen and oxygen atoms in total. The van der Waals surface area contributed by atoms with Crippen molar-refractivity contribution < 1.29 is 4.74 Å². The highest BCUT2D eigenvalue weighted by atomic mass is 32.1. The van der Waals surface area contributed by atoms with Crippen LogP contribution < -0.4 is 10.1 Å². The molecular weight excluding hydrogens is 456 g/mol. The summed E-state index contributed by atoms with van der Waals surface area (Å²) in [5.74, 6) is 2.77. The fraction of sp³-hybridized carbons (Fsp3) is 0.444. The van der Waals surface area contributed by atoms with E-state index < -0.39 is 0 Å². The minimum absolute atomic E-state index is 0.145. The maximum Gasteiger partial charge on any atom is 0.138 e. The minimum Gasteiger partial charge on any atom is -0.491 e. The molecule has 0 aliphatic carbocycles. The summed E-state index contributed by atoms with van der Waals surface area (Å²) in [5.41, 5.74) is 2.52. The molecule has 1 aliphatic heterocycles. The zero-order chi connectivity index (χ0) is 24.4. The number of piperidine rings is 1. The summed E-state index contributed by atoms with van der Waals surface area (Å²) in [6.45, 7) is 12.1. The normalized spacial score (nSPS) is 15.2. The van der Waals surface area contributed by atoms with Crippen molar-refractivity contribution in [2.45, 2.75) is 65.8 Å². The number of fused-ring (bicyclic) bond motifs is 1. The number of aryl methyl sites for hydroxylation is 2. The third-order valence-corrected chi connectivity index (χ3v) is 7.31. The average molecular weight is 491 g/mol. The molecule has 0 bridgehead atoms. The molecule has 3 aromatic heterocycles. The molecule has 35 heavy (non-hydrogen) atoms. The smallest absolute Gasteiger partial charge is 0.138 e. The average Bonchev–Trinajstić information content (AvgIpc) is 3.45. The molecule has 0 atom stereocenters. The van der Waals surface area contributed by atoms with Crippen LogP contribution in [-0.4, -0.2) is 49.7 Å². The number of rotatable bonds is 8. The third-order valence-electron chi connectivity index (χ3n) is 6.36. The second-order valence-electron chi connectivity index (χ2n) is 9.73. The van der Waals surface area contributed by atoms with Gasteiger partial charge in [0, 0.05) is 48.5 Å². The number of benzene rings is 1. The van der Waals surface area contributed by atoms with Crippen LogP contribution in [0.15, 0.2) is 43.0 Å². The molecule has 5 rings (SSSR count). The van der Waals surface area contributed by atoms with Crippen molar-refractivity contribution in [2.75, 3.05) is 18.4 Å². The van der Waals surface area contributed by atoms with Crippen molar-refractivity contribution in [3.05, 3.63) is 64.8 Å². The zero-order valence-corrected chi connectivity index (χ0v) is 21.8. The van der Waals surface area contributed by atoms with Crippen LogP contribution in [0.4, 0.5) is 5.82 Å². The first-order valence-electron chi connectivity index (χ1n) is 12.4. The summed E-state index contributed by atoms with van der Waals surface area (Å²) in [4.78, 5) is 18.4. The number of nitrogens with zero attached hydrogens (tertiary/aromatic N) is 5. The van der Waals surface area contributed by atoms with Crippen LogP contribution in [0.1, 0.15) is 48.5 Å². The molecule has 0 spiro atoms. The van der Waals surface area contributed by atoms with Crippen molar-refractivity contribution in [2.24, 2.45) is 0 Å². The molecule has 1 saturated heterocycles. The van der Waals surface area contributed by atoms with Crippen LogP contribution in [0.3, 0.4) is 0 Å². The Hall–Kier alpha value is -2.97. The Labute approximate surface area is 211 Å². The van der Waals surface area contributed by atoms with E-state index in [-0.39, 0.29) is 6.10 Å². The van der Waals surface area contributed by atoms with Gasteiger partial charge in [-0.3, -0.25) is 4.90 Å². The number of thiophene rings is 1. The van der Waals surface area contributed by atoms with Gasteiger partial charge >= 0.3 is 0 Å². The van der Waals surface area contributed by atoms with Crippen LogP contribution in [0.25, 0.3) is 10.2 Å². The Kier molecular flexibility index (Phi) is 7.02. The summed E-state index contributed by atoms with van der Waals surface area (Å²) >= 11 is 1.74. The highest BCUT2D eigenvalue weighted by molar-refractivity contribution is 7.18. The van der Waals surface area contributed by atoms with Crippen molar-refractivity contribution >= 4 is 27.4 Å². The predicted molar refractivity (Wildman–Crippen MR) is 142 cm³/mol. The summed E-state index contributed by atoms with van der Waals surface area (Å²) in [6.07, 6.45) is 8.01. The van der Waals surface area contributed by atoms with Gasteiger partial charge in [-0.25, -0.2) is 15.0 Å². The van der Waals surface area contributed by atoms with Gasteiger partial charge in [-0.2, -0.15) is 0 Å². The van der Waals surface area contributed by atoms with Gasteiger partial charge in [-0.05, 0) is 64.3 Å². The molecule has 1 fully saturated rings. The number of hydrogen-bond acceptors (Lipinski definition) is 7. The summed E-state index contributed by atoms with van der Waals surface area (Å²) in [6, 6.07) is 9.26. The lowest BCUT2D eigenvalue weighted by atomic mass is 10.0. The second-order valence-corrected chi connectivity index (χ2v) is 11.0. The van der Waals surface area contributed by atoms with Gasteiger partial charge in [0.25, 0.3) is 0 Å². The topological polar surface area (TPSA) is 68.1 Å². The lowest BCUT2D eigenvalue weighted by Gasteiger charge is -2.33. The lowest BCUT2D eigenvalue weighted by Crippen LogP contribution is -2.38. The molecular formula is C27H34N6OS. The minimum atomic E-state index is 0.145. The van der Waals surface area contributed by atoms with E-state index in [1.807, 2.05) is 25.6 Å². The number of anilines is 1. The van der Waals surface area contributed by atoms with Gasteiger partial charge in [0.15, 0.2) is 0 Å². The lowest BCUT2D eigenvalue weighted by molar-refractivity contribution is 0.210. The van der Waals surface area contributed by atoms with E-state index in [0.29, 0.717) is 6.04 Å². The highest BCUT2D eigenvalue weighted by Crippen LogP contribution is 2.30. The maximum absolute atomic E-state index is 6.08. The van der Waals surface area contributed by atoms with Gasteiger partial charge in [0.1, 0.15) is 22.2 Å². The van der Waals surface area contributed by atoms with Crippen LogP contribution >= 0.6 is 11.3 Å². The SMILES string of the molecule is Cc1nc(NC2CCN(Cc3ccc(OC(C)C)c(Cn4ccnc4)c3)CC2)c2cc(C)sc2n1. The van der Waals surface area contributed by atoms with Crippen LogP contribution in [-0.2, 0) is 13.1 Å². The first kappa shape index (κ1) is 23.8. The van der Waals surface area contributed by atoms with Crippen LogP contribution in [0.5, 0.6) is 5.75 Å². The van der Waals surface area contributed by atoms with Gasteiger partial charge in [0.2, 0.25) is 0 Å². The number of likely N-dealkylation sites (tertiary alicyclic amines) is 1. The fourth-order valence-electron chi connectivity index (χ4n) is 4.75. The molecule has 0 unspecified atom stereocenters. The van der Waals surface area contributed by atoms with E-state index in [2.05, 4.69) is 69.8 Å². The Bertz CT molecular complexity index is 1270. The van der Waals surface area contributed by atoms with Gasteiger partial charge in [0.05, 0.1) is 24.4 Å². The molecule has 184 valence electrons. The largest absolute Gasteiger partial charge is 0.491 e. The first-order chi connectivity index (χ1) is 16.9. The molecule has 1 aliphatic rings. The molecule has 0 saturated carbocycles. The van der Waals surface area contributed by atoms with E-state index in [1.54, 1.807) is 11.3 Å². The van der Waals surface area contributed by atoms with E-state index in [0.717, 1.165) is 66.6 Å². The Morgan fingerprint density at radius 1 is 1.11 bits per heavy atom.